The average Bonchev–Trinajstić information content (AvgIpc) is 3.16. The van der Waals surface area contributed by atoms with Crippen LogP contribution in [0.3, 0.4) is 0 Å². The zero-order valence-electron chi connectivity index (χ0n) is 15.3. The second-order valence-corrected chi connectivity index (χ2v) is 7.73. The number of rotatable bonds is 6. The quantitative estimate of drug-likeness (QED) is 0.693. The van der Waals surface area contributed by atoms with Crippen LogP contribution in [0.1, 0.15) is 27.2 Å². The summed E-state index contributed by atoms with van der Waals surface area (Å²) in [5, 5.41) is 0. The van der Waals surface area contributed by atoms with Crippen molar-refractivity contribution in [2.24, 2.45) is 5.73 Å². The molecule has 0 radical (unpaired) electrons. The van der Waals surface area contributed by atoms with Crippen molar-refractivity contribution in [2.45, 2.75) is 19.6 Å². The molecule has 0 spiro atoms. The van der Waals surface area contributed by atoms with E-state index in [0.29, 0.717) is 24.6 Å². The van der Waals surface area contributed by atoms with Crippen molar-refractivity contribution < 1.29 is 14.3 Å². The Labute approximate surface area is 167 Å². The Morgan fingerprint density at radius 2 is 1.82 bits per heavy atom. The van der Waals surface area contributed by atoms with Gasteiger partial charge in [0.25, 0.3) is 5.91 Å². The number of primary amides is 1. The van der Waals surface area contributed by atoms with E-state index in [4.69, 9.17) is 10.5 Å². The molecule has 0 aliphatic carbocycles. The highest BCUT2D eigenvalue weighted by molar-refractivity contribution is 7.17. The van der Waals surface area contributed by atoms with Crippen LogP contribution in [0.15, 0.2) is 60.7 Å². The van der Waals surface area contributed by atoms with Gasteiger partial charge in [0.1, 0.15) is 12.4 Å². The summed E-state index contributed by atoms with van der Waals surface area (Å²) in [4.78, 5) is 27.9. The number of benzene rings is 2. The zero-order chi connectivity index (χ0) is 19.5. The minimum Gasteiger partial charge on any atom is -0.488 e. The second-order valence-electron chi connectivity index (χ2n) is 6.68. The van der Waals surface area contributed by atoms with Gasteiger partial charge in [0.15, 0.2) is 0 Å². The van der Waals surface area contributed by atoms with E-state index in [1.165, 1.54) is 11.3 Å². The fourth-order valence-corrected chi connectivity index (χ4v) is 4.43. The van der Waals surface area contributed by atoms with Gasteiger partial charge in [0, 0.05) is 35.5 Å². The predicted molar refractivity (Wildman–Crippen MR) is 109 cm³/mol. The highest BCUT2D eigenvalue weighted by atomic mass is 32.1. The van der Waals surface area contributed by atoms with E-state index < -0.39 is 5.91 Å². The number of ether oxygens (including phenoxy) is 1. The number of fused-ring (bicyclic) bond motifs is 3. The largest absolute Gasteiger partial charge is 0.488 e. The van der Waals surface area contributed by atoms with Crippen molar-refractivity contribution >= 4 is 23.2 Å². The lowest BCUT2D eigenvalue weighted by molar-refractivity contribution is -0.118. The zero-order valence-corrected chi connectivity index (χ0v) is 16.1. The Bertz CT molecular complexity index is 1010. The average molecular weight is 392 g/mol. The molecule has 0 saturated heterocycles. The van der Waals surface area contributed by atoms with Crippen LogP contribution >= 0.6 is 11.3 Å². The molecule has 6 heteroatoms. The fourth-order valence-electron chi connectivity index (χ4n) is 3.26. The van der Waals surface area contributed by atoms with Crippen LogP contribution in [0.25, 0.3) is 10.4 Å². The topological polar surface area (TPSA) is 72.6 Å². The maximum Gasteiger partial charge on any atom is 0.264 e. The van der Waals surface area contributed by atoms with Crippen molar-refractivity contribution in [3.05, 3.63) is 76.7 Å². The summed E-state index contributed by atoms with van der Waals surface area (Å²) < 4.78 is 5.80. The smallest absolute Gasteiger partial charge is 0.264 e. The minimum absolute atomic E-state index is 0.0954. The summed E-state index contributed by atoms with van der Waals surface area (Å²) in [6.07, 6.45) is 0.135. The van der Waals surface area contributed by atoms with Gasteiger partial charge in [0.05, 0.1) is 4.88 Å². The van der Waals surface area contributed by atoms with E-state index in [1.807, 2.05) is 60.7 Å². The Kier molecular flexibility index (Phi) is 5.12. The van der Waals surface area contributed by atoms with Crippen LogP contribution in [0.5, 0.6) is 5.75 Å². The van der Waals surface area contributed by atoms with Gasteiger partial charge in [-0.25, -0.2) is 0 Å². The van der Waals surface area contributed by atoms with E-state index in [9.17, 15) is 9.59 Å². The van der Waals surface area contributed by atoms with Crippen LogP contribution in [0.2, 0.25) is 0 Å². The van der Waals surface area contributed by atoms with E-state index in [1.54, 1.807) is 4.90 Å². The number of hydrogen-bond donors (Lipinski definition) is 1. The summed E-state index contributed by atoms with van der Waals surface area (Å²) >= 11 is 1.47. The molecule has 2 aromatic carbocycles. The van der Waals surface area contributed by atoms with Gasteiger partial charge in [-0.15, -0.1) is 11.3 Å². The van der Waals surface area contributed by atoms with Crippen LogP contribution in [0.4, 0.5) is 0 Å². The number of carbonyl (C=O) groups is 2. The van der Waals surface area contributed by atoms with E-state index >= 15 is 0 Å². The molecular formula is C22H20N2O3S. The van der Waals surface area contributed by atoms with Gasteiger partial charge in [-0.2, -0.15) is 0 Å². The summed E-state index contributed by atoms with van der Waals surface area (Å²) in [6, 6.07) is 19.5. The molecule has 1 aromatic heterocycles. The molecule has 28 heavy (non-hydrogen) atoms. The number of nitrogens with two attached hydrogens (primary N) is 1. The normalized spacial score (nSPS) is 11.9. The first-order chi connectivity index (χ1) is 13.6. The monoisotopic (exact) mass is 392 g/mol. The fraction of sp³-hybridized carbons (Fsp3) is 0.182. The summed E-state index contributed by atoms with van der Waals surface area (Å²) in [5.41, 5.74) is 8.35. The van der Waals surface area contributed by atoms with Gasteiger partial charge < -0.3 is 15.4 Å². The third-order valence-corrected chi connectivity index (χ3v) is 5.86. The number of carbonyl (C=O) groups excluding carboxylic acids is 2. The van der Waals surface area contributed by atoms with Gasteiger partial charge in [-0.1, -0.05) is 42.5 Å². The third kappa shape index (κ3) is 3.77. The summed E-state index contributed by atoms with van der Waals surface area (Å²) in [6.45, 7) is 1.18. The Morgan fingerprint density at radius 3 is 2.61 bits per heavy atom. The van der Waals surface area contributed by atoms with Crippen molar-refractivity contribution in [3.63, 3.8) is 0 Å². The molecule has 2 N–H and O–H groups in total. The van der Waals surface area contributed by atoms with Crippen molar-refractivity contribution in [1.29, 1.82) is 0 Å². The predicted octanol–water partition coefficient (Wildman–Crippen LogP) is 3.83. The molecule has 1 aliphatic heterocycles. The lowest BCUT2D eigenvalue weighted by atomic mass is 10.1. The molecule has 0 atom stereocenters. The van der Waals surface area contributed by atoms with E-state index in [2.05, 4.69) is 0 Å². The summed E-state index contributed by atoms with van der Waals surface area (Å²) in [5.74, 6) is 0.325. The summed E-state index contributed by atoms with van der Waals surface area (Å²) in [7, 11) is 0. The Morgan fingerprint density at radius 1 is 1.07 bits per heavy atom. The molecule has 2 heterocycles. The highest BCUT2D eigenvalue weighted by Gasteiger charge is 2.25. The number of para-hydroxylation sites is 1. The molecule has 4 rings (SSSR count). The molecule has 0 unspecified atom stereocenters. The molecule has 0 saturated carbocycles. The lowest BCUT2D eigenvalue weighted by Gasteiger charge is -2.21. The molecule has 142 valence electrons. The third-order valence-electron chi connectivity index (χ3n) is 4.67. The van der Waals surface area contributed by atoms with Gasteiger partial charge in [-0.05, 0) is 23.8 Å². The number of nitrogens with zero attached hydrogens (tertiary/aromatic N) is 1. The molecule has 0 fully saturated rings. The van der Waals surface area contributed by atoms with Crippen LogP contribution in [-0.2, 0) is 17.9 Å². The molecule has 2 amide bonds. The van der Waals surface area contributed by atoms with Crippen LogP contribution in [0, 0.1) is 0 Å². The Hall–Kier alpha value is -3.12. The standard InChI is InChI=1S/C22H20N2O3S/c23-20(25)10-11-24(13-15-6-2-1-3-7-15)22(26)19-12-16-14-27-18-9-5-4-8-17(18)21(16)28-19/h1-9,12H,10-11,13-14H2,(H2,23,25). The first-order valence-electron chi connectivity index (χ1n) is 9.08. The number of thiophene rings is 1. The molecule has 3 aromatic rings. The minimum atomic E-state index is -0.418. The first kappa shape index (κ1) is 18.3. The number of hydrogen-bond acceptors (Lipinski definition) is 4. The van der Waals surface area contributed by atoms with Crippen LogP contribution < -0.4 is 10.5 Å². The van der Waals surface area contributed by atoms with E-state index in [-0.39, 0.29) is 12.3 Å². The first-order valence-corrected chi connectivity index (χ1v) is 9.90. The number of amides is 2. The Balaban J connectivity index is 1.62. The van der Waals surface area contributed by atoms with Crippen molar-refractivity contribution in [3.8, 4) is 16.2 Å². The van der Waals surface area contributed by atoms with Crippen molar-refractivity contribution in [1.82, 2.24) is 4.90 Å². The van der Waals surface area contributed by atoms with Crippen molar-refractivity contribution in [2.75, 3.05) is 6.54 Å². The van der Waals surface area contributed by atoms with Crippen LogP contribution in [-0.4, -0.2) is 23.3 Å². The van der Waals surface area contributed by atoms with Gasteiger partial charge in [-0.3, -0.25) is 9.59 Å². The van der Waals surface area contributed by atoms with E-state index in [0.717, 1.165) is 27.3 Å². The molecule has 5 nitrogen and oxygen atoms in total. The van der Waals surface area contributed by atoms with Gasteiger partial charge in [0.2, 0.25) is 5.91 Å². The molecular weight excluding hydrogens is 372 g/mol. The molecule has 0 bridgehead atoms. The second kappa shape index (κ2) is 7.86. The SMILES string of the molecule is NC(=O)CCN(Cc1ccccc1)C(=O)c1cc2c(s1)-c1ccccc1OC2. The molecule has 1 aliphatic rings. The van der Waals surface area contributed by atoms with Gasteiger partial charge >= 0.3 is 0 Å². The maximum absolute atomic E-state index is 13.2. The maximum atomic E-state index is 13.2. The lowest BCUT2D eigenvalue weighted by Crippen LogP contribution is -2.33. The highest BCUT2D eigenvalue weighted by Crippen LogP contribution is 2.42.